The second-order valence-electron chi connectivity index (χ2n) is 5.28. The van der Waals surface area contributed by atoms with Crippen LogP contribution >= 0.6 is 35.3 Å². The lowest BCUT2D eigenvalue weighted by molar-refractivity contribution is 0.128. The number of rotatable bonds is 9. The molecule has 0 aliphatic rings. The van der Waals surface area contributed by atoms with Crippen LogP contribution in [0.1, 0.15) is 37.8 Å². The fraction of sp³-hybridized carbons (Fsp3) is 0.733. The van der Waals surface area contributed by atoms with E-state index in [1.165, 1.54) is 4.88 Å². The Morgan fingerprint density at radius 1 is 1.36 bits per heavy atom. The van der Waals surface area contributed by atoms with Gasteiger partial charge < -0.3 is 15.4 Å². The van der Waals surface area contributed by atoms with Crippen molar-refractivity contribution in [2.75, 3.05) is 26.3 Å². The monoisotopic (exact) mass is 440 g/mol. The molecule has 0 aromatic carbocycles. The third-order valence-electron chi connectivity index (χ3n) is 2.95. The van der Waals surface area contributed by atoms with Gasteiger partial charge >= 0.3 is 0 Å². The predicted molar refractivity (Wildman–Crippen MR) is 105 cm³/mol. The second kappa shape index (κ2) is 13.1. The fourth-order valence-corrected chi connectivity index (χ4v) is 2.33. The minimum atomic E-state index is 0. The Balaban J connectivity index is 0.00000441. The molecule has 128 valence electrons. The Labute approximate surface area is 155 Å². The van der Waals surface area contributed by atoms with Crippen LogP contribution in [0, 0.1) is 12.8 Å². The number of thiazole rings is 1. The SMILES string of the molecule is CCNC(=NCc1scnc1C)NCCOCCC(C)C.I. The van der Waals surface area contributed by atoms with Gasteiger partial charge in [-0.05, 0) is 26.2 Å². The van der Waals surface area contributed by atoms with Crippen LogP contribution in [0.2, 0.25) is 0 Å². The number of hydrogen-bond acceptors (Lipinski definition) is 4. The second-order valence-corrected chi connectivity index (χ2v) is 6.22. The van der Waals surface area contributed by atoms with Gasteiger partial charge in [0.2, 0.25) is 0 Å². The summed E-state index contributed by atoms with van der Waals surface area (Å²) in [6, 6.07) is 0. The molecule has 1 heterocycles. The Morgan fingerprint density at radius 3 is 2.73 bits per heavy atom. The summed E-state index contributed by atoms with van der Waals surface area (Å²) in [5, 5.41) is 6.53. The van der Waals surface area contributed by atoms with E-state index in [4.69, 9.17) is 4.74 Å². The van der Waals surface area contributed by atoms with Gasteiger partial charge in [-0.2, -0.15) is 0 Å². The molecular weight excluding hydrogens is 411 g/mol. The van der Waals surface area contributed by atoms with Gasteiger partial charge in [0.25, 0.3) is 0 Å². The lowest BCUT2D eigenvalue weighted by Crippen LogP contribution is -2.39. The molecule has 0 saturated heterocycles. The molecule has 2 N–H and O–H groups in total. The van der Waals surface area contributed by atoms with Crippen molar-refractivity contribution in [3.05, 3.63) is 16.1 Å². The Bertz CT molecular complexity index is 423. The van der Waals surface area contributed by atoms with E-state index in [-0.39, 0.29) is 24.0 Å². The van der Waals surface area contributed by atoms with E-state index < -0.39 is 0 Å². The molecule has 0 atom stereocenters. The first-order chi connectivity index (χ1) is 10.1. The maximum Gasteiger partial charge on any atom is 0.191 e. The molecule has 0 amide bonds. The average Bonchev–Trinajstić information content (AvgIpc) is 2.85. The molecule has 0 bridgehead atoms. The number of aliphatic imine (C=N–C) groups is 1. The van der Waals surface area contributed by atoms with Crippen molar-refractivity contribution in [2.45, 2.75) is 40.7 Å². The van der Waals surface area contributed by atoms with Gasteiger partial charge in [0.15, 0.2) is 5.96 Å². The van der Waals surface area contributed by atoms with Crippen LogP contribution in [-0.4, -0.2) is 37.2 Å². The summed E-state index contributed by atoms with van der Waals surface area (Å²) in [4.78, 5) is 10.0. The molecule has 0 radical (unpaired) electrons. The molecular formula is C15H29IN4OS. The quantitative estimate of drug-likeness (QED) is 0.268. The molecule has 22 heavy (non-hydrogen) atoms. The highest BCUT2D eigenvalue weighted by molar-refractivity contribution is 14.0. The minimum absolute atomic E-state index is 0. The molecule has 1 rings (SSSR count). The molecule has 0 aliphatic carbocycles. The van der Waals surface area contributed by atoms with E-state index in [0.717, 1.165) is 37.8 Å². The van der Waals surface area contributed by atoms with Crippen LogP contribution in [0.15, 0.2) is 10.5 Å². The smallest absolute Gasteiger partial charge is 0.191 e. The lowest BCUT2D eigenvalue weighted by atomic mass is 10.1. The van der Waals surface area contributed by atoms with Crippen molar-refractivity contribution >= 4 is 41.3 Å². The number of aryl methyl sites for hydroxylation is 1. The van der Waals surface area contributed by atoms with E-state index >= 15 is 0 Å². The first kappa shape index (κ1) is 21.6. The molecule has 5 nitrogen and oxygen atoms in total. The van der Waals surface area contributed by atoms with Gasteiger partial charge in [-0.3, -0.25) is 0 Å². The van der Waals surface area contributed by atoms with Crippen molar-refractivity contribution in [1.82, 2.24) is 15.6 Å². The summed E-state index contributed by atoms with van der Waals surface area (Å²) >= 11 is 1.65. The summed E-state index contributed by atoms with van der Waals surface area (Å²) in [6.07, 6.45) is 1.11. The average molecular weight is 440 g/mol. The van der Waals surface area contributed by atoms with Gasteiger partial charge in [-0.25, -0.2) is 9.98 Å². The molecule has 0 unspecified atom stereocenters. The standard InChI is InChI=1S/C15H28N4OS.HI/c1-5-16-15(17-7-9-20-8-6-12(2)3)18-10-14-13(4)19-11-21-14;/h11-12H,5-10H2,1-4H3,(H2,16,17,18);1H. The largest absolute Gasteiger partial charge is 0.380 e. The minimum Gasteiger partial charge on any atom is -0.380 e. The number of guanidine groups is 1. The van der Waals surface area contributed by atoms with Gasteiger partial charge in [0.05, 0.1) is 24.4 Å². The predicted octanol–water partition coefficient (Wildman–Crippen LogP) is 3.19. The number of aromatic nitrogens is 1. The number of nitrogens with one attached hydrogen (secondary N) is 2. The highest BCUT2D eigenvalue weighted by atomic mass is 127. The maximum absolute atomic E-state index is 5.59. The van der Waals surface area contributed by atoms with E-state index in [9.17, 15) is 0 Å². The highest BCUT2D eigenvalue weighted by Crippen LogP contribution is 2.12. The van der Waals surface area contributed by atoms with Gasteiger partial charge in [-0.15, -0.1) is 35.3 Å². The van der Waals surface area contributed by atoms with Crippen LogP contribution in [0.3, 0.4) is 0 Å². The Morgan fingerprint density at radius 2 is 2.14 bits per heavy atom. The number of ether oxygens (including phenoxy) is 1. The summed E-state index contributed by atoms with van der Waals surface area (Å²) in [5.74, 6) is 1.53. The van der Waals surface area contributed by atoms with E-state index in [1.54, 1.807) is 11.3 Å². The zero-order valence-corrected chi connectivity index (χ0v) is 17.2. The topological polar surface area (TPSA) is 58.5 Å². The summed E-state index contributed by atoms with van der Waals surface area (Å²) in [7, 11) is 0. The summed E-state index contributed by atoms with van der Waals surface area (Å²) in [5.41, 5.74) is 2.93. The van der Waals surface area contributed by atoms with Gasteiger partial charge in [0, 0.05) is 24.6 Å². The molecule has 0 spiro atoms. The summed E-state index contributed by atoms with van der Waals surface area (Å²) < 4.78 is 5.59. The Hall–Kier alpha value is -0.410. The van der Waals surface area contributed by atoms with Crippen molar-refractivity contribution in [3.8, 4) is 0 Å². The molecule has 1 aromatic rings. The molecule has 1 aromatic heterocycles. The van der Waals surface area contributed by atoms with E-state index in [2.05, 4.69) is 41.4 Å². The number of hydrogen-bond donors (Lipinski definition) is 2. The van der Waals surface area contributed by atoms with Crippen LogP contribution in [-0.2, 0) is 11.3 Å². The van der Waals surface area contributed by atoms with E-state index in [1.807, 2.05) is 12.4 Å². The van der Waals surface area contributed by atoms with Crippen LogP contribution in [0.25, 0.3) is 0 Å². The first-order valence-electron chi connectivity index (χ1n) is 7.62. The number of halogens is 1. The highest BCUT2D eigenvalue weighted by Gasteiger charge is 2.02. The zero-order chi connectivity index (χ0) is 15.5. The van der Waals surface area contributed by atoms with E-state index in [0.29, 0.717) is 19.1 Å². The van der Waals surface area contributed by atoms with Crippen LogP contribution in [0.4, 0.5) is 0 Å². The number of nitrogens with zero attached hydrogens (tertiary/aromatic N) is 2. The van der Waals surface area contributed by atoms with Crippen molar-refractivity contribution < 1.29 is 4.74 Å². The first-order valence-corrected chi connectivity index (χ1v) is 8.50. The molecule has 0 saturated carbocycles. The Kier molecular flexibility index (Phi) is 12.8. The van der Waals surface area contributed by atoms with Crippen molar-refractivity contribution in [2.24, 2.45) is 10.9 Å². The van der Waals surface area contributed by atoms with Crippen LogP contribution in [0.5, 0.6) is 0 Å². The zero-order valence-electron chi connectivity index (χ0n) is 14.0. The van der Waals surface area contributed by atoms with Crippen molar-refractivity contribution in [3.63, 3.8) is 0 Å². The molecule has 7 heteroatoms. The molecule has 0 aliphatic heterocycles. The normalized spacial score (nSPS) is 11.4. The lowest BCUT2D eigenvalue weighted by Gasteiger charge is -2.11. The van der Waals surface area contributed by atoms with Crippen LogP contribution < -0.4 is 10.6 Å². The molecule has 0 fully saturated rings. The fourth-order valence-electron chi connectivity index (χ4n) is 1.63. The third-order valence-corrected chi connectivity index (χ3v) is 3.87. The third kappa shape index (κ3) is 9.58. The summed E-state index contributed by atoms with van der Waals surface area (Å²) in [6.45, 7) is 12.3. The van der Waals surface area contributed by atoms with Gasteiger partial charge in [-0.1, -0.05) is 13.8 Å². The van der Waals surface area contributed by atoms with Gasteiger partial charge in [0.1, 0.15) is 0 Å². The maximum atomic E-state index is 5.59. The van der Waals surface area contributed by atoms with Crippen molar-refractivity contribution in [1.29, 1.82) is 0 Å².